The minimum absolute atomic E-state index is 0.199. The molecule has 5 heteroatoms. The Kier molecular flexibility index (Phi) is 4.03. The number of rotatable bonds is 4. The van der Waals surface area contributed by atoms with Gasteiger partial charge in [-0.05, 0) is 23.8 Å². The summed E-state index contributed by atoms with van der Waals surface area (Å²) in [6, 6.07) is 15.0. The van der Waals surface area contributed by atoms with Crippen molar-refractivity contribution in [3.8, 4) is 11.5 Å². The lowest BCUT2D eigenvalue weighted by atomic mass is 9.58. The van der Waals surface area contributed by atoms with Gasteiger partial charge in [-0.25, -0.2) is 0 Å². The van der Waals surface area contributed by atoms with Crippen molar-refractivity contribution in [2.45, 2.75) is 16.2 Å². The van der Waals surface area contributed by atoms with Crippen LogP contribution in [0.15, 0.2) is 48.5 Å². The summed E-state index contributed by atoms with van der Waals surface area (Å²) < 4.78 is 9.27. The Morgan fingerprint density at radius 2 is 1.70 bits per heavy atom. The van der Waals surface area contributed by atoms with E-state index in [1.165, 1.54) is 0 Å². The Balaban J connectivity index is 2.29. The van der Waals surface area contributed by atoms with Crippen LogP contribution in [0.4, 0.5) is 0 Å². The molecule has 0 aromatic heterocycles. The van der Waals surface area contributed by atoms with Crippen LogP contribution in [0, 0.1) is 0 Å². The van der Waals surface area contributed by atoms with E-state index in [9.17, 15) is 4.79 Å². The van der Waals surface area contributed by atoms with Gasteiger partial charge >= 0.3 is 0 Å². The van der Waals surface area contributed by atoms with Crippen molar-refractivity contribution in [3.05, 3.63) is 59.7 Å². The van der Waals surface area contributed by atoms with Crippen LogP contribution in [-0.4, -0.2) is 24.3 Å². The zero-order valence-corrected chi connectivity index (χ0v) is 14.3. The smallest absolute Gasteiger partial charge is 0.190 e. The molecule has 1 fully saturated rings. The number of hydrogen-bond donors (Lipinski definition) is 0. The second-order valence-corrected chi connectivity index (χ2v) is 6.84. The summed E-state index contributed by atoms with van der Waals surface area (Å²) in [5.74, 6) is 1.07. The fourth-order valence-electron chi connectivity index (χ4n) is 3.17. The highest BCUT2D eigenvalue weighted by Gasteiger charge is 2.67. The fourth-order valence-corrected chi connectivity index (χ4v) is 3.86. The fraction of sp³-hybridized carbons (Fsp3) is 0.278. The van der Waals surface area contributed by atoms with E-state index in [4.69, 9.17) is 32.7 Å². The number of carbonyl (C=O) groups excluding carboxylic acids is 1. The van der Waals surface area contributed by atoms with Gasteiger partial charge in [-0.2, -0.15) is 0 Å². The number of halogens is 2. The number of Topliss-reactive ketones (excluding diaryl/α,β-unsaturated/α-hetero) is 1. The summed E-state index contributed by atoms with van der Waals surface area (Å²) in [6.45, 7) is 0. The van der Waals surface area contributed by atoms with Gasteiger partial charge in [-0.3, -0.25) is 4.79 Å². The number of hydrogen-bond acceptors (Lipinski definition) is 3. The van der Waals surface area contributed by atoms with Crippen LogP contribution in [-0.2, 0) is 10.2 Å². The number of ketones is 1. The molecule has 23 heavy (non-hydrogen) atoms. The molecular formula is C18H16Cl2O3. The Morgan fingerprint density at radius 1 is 1.00 bits per heavy atom. The highest BCUT2D eigenvalue weighted by molar-refractivity contribution is 6.62. The number of alkyl halides is 2. The van der Waals surface area contributed by atoms with E-state index in [1.807, 2.05) is 36.4 Å². The predicted molar refractivity (Wildman–Crippen MR) is 90.8 cm³/mol. The van der Waals surface area contributed by atoms with Crippen LogP contribution in [0.1, 0.15) is 17.5 Å². The van der Waals surface area contributed by atoms with E-state index in [2.05, 4.69) is 0 Å². The third-order valence-corrected chi connectivity index (χ3v) is 5.51. The van der Waals surface area contributed by atoms with E-state index in [1.54, 1.807) is 26.4 Å². The molecule has 0 heterocycles. The van der Waals surface area contributed by atoms with E-state index in [0.29, 0.717) is 11.5 Å². The number of methoxy groups -OCH3 is 2. The Bertz CT molecular complexity index is 743. The van der Waals surface area contributed by atoms with Crippen LogP contribution < -0.4 is 9.47 Å². The first-order valence-corrected chi connectivity index (χ1v) is 7.92. The van der Waals surface area contributed by atoms with Gasteiger partial charge in [0.05, 0.1) is 19.6 Å². The predicted octanol–water partition coefficient (Wildman–Crippen LogP) is 4.14. The molecule has 0 bridgehead atoms. The van der Waals surface area contributed by atoms with Gasteiger partial charge in [0.15, 0.2) is 10.1 Å². The first-order valence-electron chi connectivity index (χ1n) is 7.16. The van der Waals surface area contributed by atoms with E-state index in [0.717, 1.165) is 11.1 Å². The largest absolute Gasteiger partial charge is 0.497 e. The molecule has 0 saturated heterocycles. The van der Waals surface area contributed by atoms with Crippen LogP contribution in [0.2, 0.25) is 0 Å². The number of benzene rings is 2. The topological polar surface area (TPSA) is 35.5 Å². The molecular weight excluding hydrogens is 335 g/mol. The Hall–Kier alpha value is -1.71. The maximum atomic E-state index is 12.1. The van der Waals surface area contributed by atoms with Gasteiger partial charge in [0.2, 0.25) is 0 Å². The van der Waals surface area contributed by atoms with Gasteiger partial charge in [-0.15, -0.1) is 0 Å². The molecule has 120 valence electrons. The highest BCUT2D eigenvalue weighted by atomic mass is 35.5. The number of ether oxygens (including phenoxy) is 2. The SMILES string of the molecule is COc1ccc(OC)c(C2(c3ccccc3)CC(=O)C2(Cl)Cl)c1. The summed E-state index contributed by atoms with van der Waals surface area (Å²) in [6.07, 6.45) is 0.216. The minimum Gasteiger partial charge on any atom is -0.497 e. The lowest BCUT2D eigenvalue weighted by molar-refractivity contribution is -0.128. The van der Waals surface area contributed by atoms with E-state index >= 15 is 0 Å². The lowest BCUT2D eigenvalue weighted by Gasteiger charge is -2.51. The highest BCUT2D eigenvalue weighted by Crippen LogP contribution is 2.61. The summed E-state index contributed by atoms with van der Waals surface area (Å²) in [7, 11) is 3.16. The first kappa shape index (κ1) is 16.2. The molecule has 3 rings (SSSR count). The van der Waals surface area contributed by atoms with E-state index in [-0.39, 0.29) is 12.2 Å². The molecule has 0 N–H and O–H groups in total. The summed E-state index contributed by atoms with van der Waals surface area (Å²) in [5, 5.41) is 0. The zero-order valence-electron chi connectivity index (χ0n) is 12.8. The minimum atomic E-state index is -1.55. The molecule has 1 saturated carbocycles. The molecule has 1 aliphatic rings. The molecule has 0 aliphatic heterocycles. The van der Waals surface area contributed by atoms with E-state index < -0.39 is 9.75 Å². The molecule has 0 amide bonds. The molecule has 1 atom stereocenters. The van der Waals surface area contributed by atoms with Crippen LogP contribution in [0.25, 0.3) is 0 Å². The van der Waals surface area contributed by atoms with Crippen molar-refractivity contribution in [2.24, 2.45) is 0 Å². The van der Waals surface area contributed by atoms with Crippen molar-refractivity contribution >= 4 is 29.0 Å². The van der Waals surface area contributed by atoms with Crippen LogP contribution in [0.5, 0.6) is 11.5 Å². The van der Waals surface area contributed by atoms with Gasteiger partial charge in [-0.1, -0.05) is 53.5 Å². The Morgan fingerprint density at radius 3 is 2.22 bits per heavy atom. The van der Waals surface area contributed by atoms with Gasteiger partial charge in [0.1, 0.15) is 11.5 Å². The summed E-state index contributed by atoms with van der Waals surface area (Å²) in [5.41, 5.74) is 0.750. The molecule has 1 unspecified atom stereocenters. The van der Waals surface area contributed by atoms with Crippen molar-refractivity contribution in [1.82, 2.24) is 0 Å². The average Bonchev–Trinajstić information content (AvgIpc) is 2.59. The van der Waals surface area contributed by atoms with Crippen molar-refractivity contribution in [1.29, 1.82) is 0 Å². The standard InChI is InChI=1S/C18H16Cl2O3/c1-22-13-8-9-15(23-2)14(10-13)17(11-16(21)18(17,19)20)12-6-4-3-5-7-12/h3-10H,11H2,1-2H3. The Labute approximate surface area is 145 Å². The maximum absolute atomic E-state index is 12.1. The number of carbonyl (C=O) groups is 1. The maximum Gasteiger partial charge on any atom is 0.190 e. The van der Waals surface area contributed by atoms with Gasteiger partial charge < -0.3 is 9.47 Å². The first-order chi connectivity index (χ1) is 11.0. The summed E-state index contributed by atoms with van der Waals surface area (Å²) in [4.78, 5) is 12.1. The van der Waals surface area contributed by atoms with Crippen LogP contribution >= 0.6 is 23.2 Å². The van der Waals surface area contributed by atoms with Crippen molar-refractivity contribution in [3.63, 3.8) is 0 Å². The normalized spacial score (nSPS) is 22.3. The van der Waals surface area contributed by atoms with Crippen molar-refractivity contribution in [2.75, 3.05) is 14.2 Å². The zero-order chi connectivity index (χ0) is 16.7. The monoisotopic (exact) mass is 350 g/mol. The quantitative estimate of drug-likeness (QED) is 0.777. The molecule has 3 nitrogen and oxygen atoms in total. The third-order valence-electron chi connectivity index (χ3n) is 4.44. The molecule has 1 aliphatic carbocycles. The lowest BCUT2D eigenvalue weighted by Crippen LogP contribution is -2.61. The van der Waals surface area contributed by atoms with Crippen LogP contribution in [0.3, 0.4) is 0 Å². The third kappa shape index (κ3) is 2.22. The average molecular weight is 351 g/mol. The second-order valence-electron chi connectivity index (χ2n) is 5.51. The van der Waals surface area contributed by atoms with Crippen molar-refractivity contribution < 1.29 is 14.3 Å². The molecule has 0 radical (unpaired) electrons. The summed E-state index contributed by atoms with van der Waals surface area (Å²) >= 11 is 13.0. The van der Waals surface area contributed by atoms with Gasteiger partial charge in [0.25, 0.3) is 0 Å². The second kappa shape index (κ2) is 5.73. The molecule has 0 spiro atoms. The molecule has 2 aromatic carbocycles. The van der Waals surface area contributed by atoms with Gasteiger partial charge in [0, 0.05) is 12.0 Å². The molecule has 2 aromatic rings.